The Morgan fingerprint density at radius 1 is 0.865 bits per heavy atom. The number of pyridine rings is 1. The van der Waals surface area contributed by atoms with E-state index in [0.717, 1.165) is 50.9 Å². The molecule has 1 saturated carbocycles. The van der Waals surface area contributed by atoms with Crippen LogP contribution < -0.4 is 21.5 Å². The molecule has 0 atom stereocenters. The zero-order valence-corrected chi connectivity index (χ0v) is 22.4. The highest BCUT2D eigenvalue weighted by Crippen LogP contribution is 2.24. The van der Waals surface area contributed by atoms with Crippen LogP contribution in [0, 0.1) is 0 Å². The SMILES string of the molecule is O=c1c(NCCCCCCCN(CCCN2CCOCC2)C2CCCCC2)c(Nc2ccncc2)c1=O. The number of aromatic nitrogens is 1. The monoisotopic (exact) mass is 511 g/mol. The number of hydrogen-bond donors (Lipinski definition) is 2. The van der Waals surface area contributed by atoms with Gasteiger partial charge in [-0.15, -0.1) is 0 Å². The fourth-order valence-electron chi connectivity index (χ4n) is 5.69. The molecule has 2 heterocycles. The first-order valence-corrected chi connectivity index (χ1v) is 14.5. The smallest absolute Gasteiger partial charge is 0.253 e. The lowest BCUT2D eigenvalue weighted by molar-refractivity contribution is 0.0348. The van der Waals surface area contributed by atoms with Crippen LogP contribution >= 0.6 is 0 Å². The fraction of sp³-hybridized carbons (Fsp3) is 0.690. The predicted molar refractivity (Wildman–Crippen MR) is 151 cm³/mol. The largest absolute Gasteiger partial charge is 0.380 e. The highest BCUT2D eigenvalue weighted by molar-refractivity contribution is 5.78. The van der Waals surface area contributed by atoms with Gasteiger partial charge in [0.25, 0.3) is 10.9 Å². The zero-order valence-electron chi connectivity index (χ0n) is 22.4. The number of rotatable bonds is 16. The Bertz CT molecular complexity index is 979. The molecule has 204 valence electrons. The van der Waals surface area contributed by atoms with Gasteiger partial charge in [0.05, 0.1) is 13.2 Å². The first-order valence-electron chi connectivity index (χ1n) is 14.5. The molecule has 37 heavy (non-hydrogen) atoms. The minimum Gasteiger partial charge on any atom is -0.380 e. The summed E-state index contributed by atoms with van der Waals surface area (Å²) in [5, 5.41) is 6.22. The molecule has 2 fully saturated rings. The van der Waals surface area contributed by atoms with E-state index >= 15 is 0 Å². The molecule has 8 heteroatoms. The second-order valence-corrected chi connectivity index (χ2v) is 10.6. The molecular weight excluding hydrogens is 466 g/mol. The number of unbranched alkanes of at least 4 members (excludes halogenated alkanes) is 4. The summed E-state index contributed by atoms with van der Waals surface area (Å²) in [5.74, 6) is 0. The number of hydrogen-bond acceptors (Lipinski definition) is 8. The molecule has 4 rings (SSSR count). The summed E-state index contributed by atoms with van der Waals surface area (Å²) in [7, 11) is 0. The molecule has 0 bridgehead atoms. The van der Waals surface area contributed by atoms with Gasteiger partial charge in [-0.1, -0.05) is 38.5 Å². The van der Waals surface area contributed by atoms with Gasteiger partial charge in [0.2, 0.25) is 0 Å². The predicted octanol–water partition coefficient (Wildman–Crippen LogP) is 4.14. The lowest BCUT2D eigenvalue weighted by Crippen LogP contribution is -2.41. The van der Waals surface area contributed by atoms with Crippen LogP contribution in [0.15, 0.2) is 34.1 Å². The molecule has 1 aromatic heterocycles. The van der Waals surface area contributed by atoms with Crippen LogP contribution in [0.2, 0.25) is 0 Å². The van der Waals surface area contributed by atoms with Crippen LogP contribution in [-0.4, -0.2) is 73.3 Å². The molecule has 2 aliphatic rings. The summed E-state index contributed by atoms with van der Waals surface area (Å²) in [6, 6.07) is 4.34. The fourth-order valence-corrected chi connectivity index (χ4v) is 5.69. The van der Waals surface area contributed by atoms with Crippen LogP contribution in [0.25, 0.3) is 0 Å². The topological polar surface area (TPSA) is 86.8 Å². The zero-order chi connectivity index (χ0) is 25.7. The van der Waals surface area contributed by atoms with E-state index in [9.17, 15) is 9.59 Å². The van der Waals surface area contributed by atoms with Crippen LogP contribution in [-0.2, 0) is 4.74 Å². The molecule has 1 aliphatic heterocycles. The van der Waals surface area contributed by atoms with Crippen LogP contribution in [0.1, 0.15) is 70.6 Å². The van der Waals surface area contributed by atoms with Crippen molar-refractivity contribution >= 4 is 17.1 Å². The van der Waals surface area contributed by atoms with Crippen molar-refractivity contribution in [1.29, 1.82) is 0 Å². The van der Waals surface area contributed by atoms with E-state index in [4.69, 9.17) is 4.74 Å². The maximum atomic E-state index is 12.0. The van der Waals surface area contributed by atoms with Crippen molar-refractivity contribution < 1.29 is 4.74 Å². The molecule has 2 aromatic rings. The first kappa shape index (κ1) is 27.7. The van der Waals surface area contributed by atoms with E-state index in [0.29, 0.717) is 17.9 Å². The second kappa shape index (κ2) is 15.2. The van der Waals surface area contributed by atoms with Gasteiger partial charge in [0.15, 0.2) is 0 Å². The molecule has 0 spiro atoms. The van der Waals surface area contributed by atoms with Crippen molar-refractivity contribution in [2.45, 2.75) is 76.7 Å². The molecule has 0 radical (unpaired) electrons. The van der Waals surface area contributed by atoms with Gasteiger partial charge in [-0.25, -0.2) is 0 Å². The molecule has 8 nitrogen and oxygen atoms in total. The maximum absolute atomic E-state index is 12.0. The van der Waals surface area contributed by atoms with Gasteiger partial charge in [-0.2, -0.15) is 0 Å². The summed E-state index contributed by atoms with van der Waals surface area (Å²) < 4.78 is 5.49. The van der Waals surface area contributed by atoms with Crippen molar-refractivity contribution in [3.05, 3.63) is 45.0 Å². The van der Waals surface area contributed by atoms with E-state index in [1.54, 1.807) is 24.5 Å². The Balaban J connectivity index is 1.10. The third kappa shape index (κ3) is 8.62. The number of nitrogens with one attached hydrogen (secondary N) is 2. The molecule has 1 saturated heterocycles. The van der Waals surface area contributed by atoms with Crippen molar-refractivity contribution in [2.75, 3.05) is 63.1 Å². The van der Waals surface area contributed by atoms with E-state index in [-0.39, 0.29) is 0 Å². The standard InChI is InChI=1S/C29H45N5O3/c35-28-26(27(29(28)36)32-24-12-15-30-16-13-24)31-14-7-2-1-3-8-18-34(25-10-5-4-6-11-25)19-9-17-33-20-22-37-23-21-33/h12-13,15-16,25,31H,1-11,14,17-23H2,(H,30,32). The van der Waals surface area contributed by atoms with Gasteiger partial charge in [-0.05, 0) is 63.9 Å². The molecule has 1 aliphatic carbocycles. The number of ether oxygens (including phenoxy) is 1. The summed E-state index contributed by atoms with van der Waals surface area (Å²) >= 11 is 0. The lowest BCUT2D eigenvalue weighted by atomic mass is 9.93. The minimum atomic E-state index is -0.452. The Labute approximate surface area is 221 Å². The highest BCUT2D eigenvalue weighted by Gasteiger charge is 2.22. The average molecular weight is 512 g/mol. The lowest BCUT2D eigenvalue weighted by Gasteiger charge is -2.35. The maximum Gasteiger partial charge on any atom is 0.253 e. The molecule has 2 N–H and O–H groups in total. The Kier molecular flexibility index (Phi) is 11.4. The Morgan fingerprint density at radius 2 is 1.54 bits per heavy atom. The van der Waals surface area contributed by atoms with Gasteiger partial charge < -0.3 is 20.3 Å². The van der Waals surface area contributed by atoms with Crippen LogP contribution in [0.4, 0.5) is 17.1 Å². The summed E-state index contributed by atoms with van der Waals surface area (Å²) in [4.78, 5) is 33.3. The Morgan fingerprint density at radius 3 is 2.32 bits per heavy atom. The molecular formula is C29H45N5O3. The first-order chi connectivity index (χ1) is 18.2. The van der Waals surface area contributed by atoms with Gasteiger partial charge in [0, 0.05) is 43.8 Å². The van der Waals surface area contributed by atoms with Gasteiger partial charge >= 0.3 is 0 Å². The summed E-state index contributed by atoms with van der Waals surface area (Å²) in [6.45, 7) is 8.30. The normalized spacial score (nSPS) is 17.4. The Hall–Kier alpha value is -2.29. The average Bonchev–Trinajstić information content (AvgIpc) is 2.96. The van der Waals surface area contributed by atoms with E-state index in [1.165, 1.54) is 77.4 Å². The third-order valence-electron chi connectivity index (χ3n) is 7.90. The van der Waals surface area contributed by atoms with Crippen molar-refractivity contribution in [2.24, 2.45) is 0 Å². The summed E-state index contributed by atoms with van der Waals surface area (Å²) in [5.41, 5.74) is 0.669. The highest BCUT2D eigenvalue weighted by atomic mass is 16.5. The molecule has 0 unspecified atom stereocenters. The van der Waals surface area contributed by atoms with Crippen molar-refractivity contribution in [3.63, 3.8) is 0 Å². The second-order valence-electron chi connectivity index (χ2n) is 10.6. The van der Waals surface area contributed by atoms with E-state index < -0.39 is 10.9 Å². The number of anilines is 3. The number of nitrogens with zero attached hydrogens (tertiary/aromatic N) is 3. The van der Waals surface area contributed by atoms with Gasteiger partial charge in [0.1, 0.15) is 11.4 Å². The minimum absolute atomic E-state index is 0.368. The van der Waals surface area contributed by atoms with Crippen LogP contribution in [0.3, 0.4) is 0 Å². The van der Waals surface area contributed by atoms with E-state index in [2.05, 4.69) is 25.4 Å². The van der Waals surface area contributed by atoms with Gasteiger partial charge in [-0.3, -0.25) is 19.5 Å². The van der Waals surface area contributed by atoms with Crippen molar-refractivity contribution in [3.8, 4) is 0 Å². The van der Waals surface area contributed by atoms with Crippen molar-refractivity contribution in [1.82, 2.24) is 14.8 Å². The number of morpholine rings is 1. The third-order valence-corrected chi connectivity index (χ3v) is 7.90. The molecule has 1 aromatic carbocycles. The van der Waals surface area contributed by atoms with E-state index in [1.807, 2.05) is 0 Å². The summed E-state index contributed by atoms with van der Waals surface area (Å²) in [6.07, 6.45) is 17.4. The quantitative estimate of drug-likeness (QED) is 0.257. The molecule has 0 amide bonds. The van der Waals surface area contributed by atoms with Crippen LogP contribution in [0.5, 0.6) is 0 Å².